The van der Waals surface area contributed by atoms with Crippen molar-refractivity contribution in [3.05, 3.63) is 266 Å². The number of anilines is 6. The van der Waals surface area contributed by atoms with E-state index in [9.17, 15) is 0 Å². The minimum Gasteiger partial charge on any atom is -0.310 e. The molecule has 1 aliphatic carbocycles. The van der Waals surface area contributed by atoms with Crippen LogP contribution in [0.15, 0.2) is 255 Å². The van der Waals surface area contributed by atoms with Gasteiger partial charge in [0.1, 0.15) is 0 Å². The number of nitrogens with zero attached hydrogens (tertiary/aromatic N) is 2. The van der Waals surface area contributed by atoms with Crippen LogP contribution in [-0.2, 0) is 5.41 Å². The molecule has 0 unspecified atom stereocenters. The average Bonchev–Trinajstić information content (AvgIpc) is 3.44. The lowest BCUT2D eigenvalue weighted by atomic mass is 9.68. The van der Waals surface area contributed by atoms with Gasteiger partial charge in [-0.3, -0.25) is 0 Å². The van der Waals surface area contributed by atoms with E-state index in [1.165, 1.54) is 108 Å². The first-order valence-corrected chi connectivity index (χ1v) is 25.5. The maximum absolute atomic E-state index is 2.48. The van der Waals surface area contributed by atoms with Gasteiger partial charge < -0.3 is 9.80 Å². The Morgan fingerprint density at radius 1 is 0.247 bits per heavy atom. The Labute approximate surface area is 424 Å². The molecule has 2 heteroatoms. The highest BCUT2D eigenvalue weighted by Crippen LogP contribution is 2.53. The Balaban J connectivity index is 0.923. The lowest BCUT2D eigenvalue weighted by Crippen LogP contribution is -2.24. The summed E-state index contributed by atoms with van der Waals surface area (Å²) < 4.78 is 0. The zero-order valence-electron chi connectivity index (χ0n) is 40.6. The molecule has 0 fully saturated rings. The molecule has 0 saturated heterocycles. The second kappa shape index (κ2) is 15.9. The molecule has 73 heavy (non-hydrogen) atoms. The van der Waals surface area contributed by atoms with Crippen LogP contribution in [0.2, 0.25) is 0 Å². The molecule has 0 atom stereocenters. The third-order valence-electron chi connectivity index (χ3n) is 16.1. The molecule has 0 saturated carbocycles. The van der Waals surface area contributed by atoms with Crippen molar-refractivity contribution in [1.29, 1.82) is 0 Å². The summed E-state index contributed by atoms with van der Waals surface area (Å²) in [7, 11) is 0. The van der Waals surface area contributed by atoms with Gasteiger partial charge in [-0.2, -0.15) is 0 Å². The fourth-order valence-electron chi connectivity index (χ4n) is 12.6. The van der Waals surface area contributed by atoms with Crippen LogP contribution in [0.25, 0.3) is 97.3 Å². The van der Waals surface area contributed by atoms with Crippen molar-refractivity contribution >= 4 is 120 Å². The molecule has 14 aromatic carbocycles. The predicted molar refractivity (Wildman–Crippen MR) is 313 cm³/mol. The van der Waals surface area contributed by atoms with Gasteiger partial charge in [0.15, 0.2) is 0 Å². The molecule has 0 bridgehead atoms. The number of fused-ring (bicyclic) bond motifs is 12. The van der Waals surface area contributed by atoms with Gasteiger partial charge in [-0.15, -0.1) is 0 Å². The molecule has 15 rings (SSSR count). The Morgan fingerprint density at radius 2 is 0.616 bits per heavy atom. The Bertz CT molecular complexity index is 4610. The highest BCUT2D eigenvalue weighted by molar-refractivity contribution is 6.18. The fourth-order valence-corrected chi connectivity index (χ4v) is 12.6. The molecule has 0 N–H and O–H groups in total. The molecule has 0 radical (unpaired) electrons. The summed E-state index contributed by atoms with van der Waals surface area (Å²) in [5, 5.41) is 19.9. The van der Waals surface area contributed by atoms with Gasteiger partial charge >= 0.3 is 0 Å². The Morgan fingerprint density at radius 3 is 1.15 bits per heavy atom. The highest BCUT2D eigenvalue weighted by atomic mass is 15.1. The summed E-state index contributed by atoms with van der Waals surface area (Å²) in [6.07, 6.45) is 0. The summed E-state index contributed by atoms with van der Waals surface area (Å²) in [4.78, 5) is 4.95. The van der Waals surface area contributed by atoms with Gasteiger partial charge in [-0.25, -0.2) is 0 Å². The topological polar surface area (TPSA) is 6.48 Å². The molecule has 0 amide bonds. The summed E-state index contributed by atoms with van der Waals surface area (Å²) in [5.74, 6) is 0. The molecule has 0 aromatic heterocycles. The van der Waals surface area contributed by atoms with Crippen molar-refractivity contribution < 1.29 is 0 Å². The second-order valence-electron chi connectivity index (χ2n) is 20.5. The monoisotopic (exact) mass is 928 g/mol. The smallest absolute Gasteiger partial charge is 0.0540 e. The van der Waals surface area contributed by atoms with E-state index < -0.39 is 0 Å². The van der Waals surface area contributed by atoms with Crippen LogP contribution in [0.4, 0.5) is 34.1 Å². The quantitative estimate of drug-likeness (QED) is 0.153. The third-order valence-corrected chi connectivity index (χ3v) is 16.1. The van der Waals surface area contributed by atoms with Gasteiger partial charge in [0.05, 0.1) is 11.4 Å². The zero-order valence-corrected chi connectivity index (χ0v) is 40.6. The standard InChI is InChI=1S/C71H48N2/c1-71(2)66-25-13-24-61-64-43-54(72(68-26-11-18-45-14-5-9-22-58(45)68)52-35-32-49-30-28-47-16-3-7-20-56(47)62(49)41-52)37-34-51(64)40-65(70(61)66)60-39-38-55(44-67(60)71)73(69-27-12-19-46-15-6-10-23-59(46)69)53-36-33-50-31-29-48-17-4-8-21-57(48)63(50)42-53/h3-44H,1-2H3. The van der Waals surface area contributed by atoms with E-state index in [2.05, 4.69) is 278 Å². The normalized spacial score (nSPS) is 12.9. The zero-order chi connectivity index (χ0) is 48.4. The summed E-state index contributed by atoms with van der Waals surface area (Å²) in [6, 6.07) is 95.1. The van der Waals surface area contributed by atoms with Crippen LogP contribution in [0.5, 0.6) is 0 Å². The van der Waals surface area contributed by atoms with Gasteiger partial charge in [-0.1, -0.05) is 202 Å². The van der Waals surface area contributed by atoms with E-state index in [1.54, 1.807) is 0 Å². The van der Waals surface area contributed by atoms with Crippen molar-refractivity contribution in [2.75, 3.05) is 9.80 Å². The Hall–Kier alpha value is -9.24. The van der Waals surface area contributed by atoms with Crippen molar-refractivity contribution in [1.82, 2.24) is 0 Å². The third kappa shape index (κ3) is 6.37. The fraction of sp³-hybridized carbons (Fsp3) is 0.0423. The summed E-state index contributed by atoms with van der Waals surface area (Å²) in [6.45, 7) is 4.84. The molecular weight excluding hydrogens is 881 g/mol. The minimum absolute atomic E-state index is 0.310. The lowest BCUT2D eigenvalue weighted by molar-refractivity contribution is 0.645. The van der Waals surface area contributed by atoms with Crippen LogP contribution in [0.3, 0.4) is 0 Å². The van der Waals surface area contributed by atoms with Crippen molar-refractivity contribution in [2.24, 2.45) is 0 Å². The van der Waals surface area contributed by atoms with Gasteiger partial charge in [0.2, 0.25) is 0 Å². The van der Waals surface area contributed by atoms with E-state index >= 15 is 0 Å². The van der Waals surface area contributed by atoms with Crippen LogP contribution in [0, 0.1) is 0 Å². The first kappa shape index (κ1) is 41.5. The number of hydrogen-bond acceptors (Lipinski definition) is 2. The van der Waals surface area contributed by atoms with E-state index in [4.69, 9.17) is 0 Å². The average molecular weight is 929 g/mol. The van der Waals surface area contributed by atoms with Gasteiger partial charge in [0.25, 0.3) is 0 Å². The summed E-state index contributed by atoms with van der Waals surface area (Å²) in [5.41, 5.74) is 11.8. The number of rotatable bonds is 6. The minimum atomic E-state index is -0.310. The van der Waals surface area contributed by atoms with E-state index in [0.717, 1.165) is 34.1 Å². The molecular formula is C71H48N2. The molecule has 2 nitrogen and oxygen atoms in total. The Kier molecular flexibility index (Phi) is 9.04. The van der Waals surface area contributed by atoms with Crippen molar-refractivity contribution in [3.63, 3.8) is 0 Å². The summed E-state index contributed by atoms with van der Waals surface area (Å²) >= 11 is 0. The maximum atomic E-state index is 2.48. The molecule has 342 valence electrons. The maximum Gasteiger partial charge on any atom is 0.0540 e. The molecule has 14 aromatic rings. The molecule has 0 spiro atoms. The second-order valence-corrected chi connectivity index (χ2v) is 20.5. The van der Waals surface area contributed by atoms with Crippen LogP contribution < -0.4 is 9.80 Å². The van der Waals surface area contributed by atoms with Crippen molar-refractivity contribution in [2.45, 2.75) is 19.3 Å². The molecule has 0 heterocycles. The number of benzene rings is 14. The van der Waals surface area contributed by atoms with Crippen LogP contribution >= 0.6 is 0 Å². The van der Waals surface area contributed by atoms with Crippen LogP contribution in [-0.4, -0.2) is 0 Å². The predicted octanol–water partition coefficient (Wildman–Crippen LogP) is 20.2. The molecule has 1 aliphatic rings. The number of hydrogen-bond donors (Lipinski definition) is 0. The lowest BCUT2D eigenvalue weighted by Gasteiger charge is -2.37. The van der Waals surface area contributed by atoms with Crippen LogP contribution in [0.1, 0.15) is 25.0 Å². The van der Waals surface area contributed by atoms with E-state index in [-0.39, 0.29) is 5.41 Å². The first-order chi connectivity index (χ1) is 35.9. The SMILES string of the molecule is CC1(C)c2cc(N(c3ccc4ccc5ccccc5c4c3)c3cccc4ccccc34)ccc2-c2cc3ccc(N(c4ccc5ccc6ccccc6c5c4)c4cccc5ccccc45)cc3c3cccc1c23. The molecule has 0 aliphatic heterocycles. The highest BCUT2D eigenvalue weighted by Gasteiger charge is 2.35. The van der Waals surface area contributed by atoms with Crippen molar-refractivity contribution in [3.8, 4) is 11.1 Å². The van der Waals surface area contributed by atoms with Gasteiger partial charge in [0, 0.05) is 38.9 Å². The largest absolute Gasteiger partial charge is 0.310 e. The van der Waals surface area contributed by atoms with Gasteiger partial charge in [-0.05, 0) is 164 Å². The van der Waals surface area contributed by atoms with E-state index in [1.807, 2.05) is 0 Å². The van der Waals surface area contributed by atoms with E-state index in [0.29, 0.717) is 0 Å². The first-order valence-electron chi connectivity index (χ1n) is 25.5.